The Bertz CT molecular complexity index is 2700. The van der Waals surface area contributed by atoms with Crippen LogP contribution in [0.25, 0.3) is 0 Å². The molecule has 6 aromatic rings. The van der Waals surface area contributed by atoms with Crippen LogP contribution in [0, 0.1) is 15.9 Å². The van der Waals surface area contributed by atoms with E-state index in [2.05, 4.69) is 26.6 Å². The Balaban J connectivity index is 0.000000229. The zero-order valence-corrected chi connectivity index (χ0v) is 39.5. The molecule has 1 aromatic heterocycles. The highest BCUT2D eigenvalue weighted by Crippen LogP contribution is 2.38. The average Bonchev–Trinajstić information content (AvgIpc) is 3.85. The molecule has 0 radical (unpaired) electrons. The summed E-state index contributed by atoms with van der Waals surface area (Å²) in [5, 5.41) is 24.1. The number of nitro benzene ring substituents is 1. The molecule has 6 rings (SSSR count). The van der Waals surface area contributed by atoms with E-state index < -0.39 is 40.0 Å². The zero-order valence-electron chi connectivity index (χ0n) is 39.5. The minimum Gasteiger partial charge on any atom is -0.494 e. The first-order valence-electron chi connectivity index (χ1n) is 21.1. The van der Waals surface area contributed by atoms with Crippen LogP contribution in [-0.2, 0) is 14.3 Å². The van der Waals surface area contributed by atoms with E-state index in [1.165, 1.54) is 44.7 Å². The molecule has 5 N–H and O–H groups in total. The summed E-state index contributed by atoms with van der Waals surface area (Å²) in [4.78, 5) is 69.5. The Morgan fingerprint density at radius 3 is 1.57 bits per heavy atom. The van der Waals surface area contributed by atoms with E-state index in [0.717, 1.165) is 12.1 Å². The number of amides is 5. The SMILES string of the molecule is CC(C)(C)OC(=O)Nc1ccc(NC(=O)COc2ccccc2)cc1.CC(C)(C)OC(=O)Nc1ccc(NC(=O)c2ccco2)cc1.COc1cc([N+](=O)[O-])c(OC)cc1NC(=O)c1ccccc1F. The third-order valence-electron chi connectivity index (χ3n) is 8.52. The number of carbonyl (C=O) groups excluding carboxylic acids is 5. The Morgan fingerprint density at radius 1 is 0.600 bits per heavy atom. The van der Waals surface area contributed by atoms with Crippen LogP contribution in [0.5, 0.6) is 17.2 Å². The lowest BCUT2D eigenvalue weighted by Gasteiger charge is -2.19. The van der Waals surface area contributed by atoms with Gasteiger partial charge in [-0.25, -0.2) is 14.0 Å². The summed E-state index contributed by atoms with van der Waals surface area (Å²) < 4.78 is 44.3. The van der Waals surface area contributed by atoms with E-state index in [0.29, 0.717) is 28.5 Å². The molecule has 5 amide bonds. The molecule has 0 aliphatic heterocycles. The summed E-state index contributed by atoms with van der Waals surface area (Å²) in [6.45, 7) is 10.7. The maximum atomic E-state index is 13.6. The number of benzene rings is 5. The van der Waals surface area contributed by atoms with Crippen LogP contribution in [-0.4, -0.2) is 66.9 Å². The first-order chi connectivity index (χ1) is 33.1. The highest BCUT2D eigenvalue weighted by atomic mass is 19.1. The smallest absolute Gasteiger partial charge is 0.412 e. The van der Waals surface area contributed by atoms with Crippen molar-refractivity contribution in [2.45, 2.75) is 52.7 Å². The third kappa shape index (κ3) is 18.4. The summed E-state index contributed by atoms with van der Waals surface area (Å²) >= 11 is 0. The molecule has 0 aliphatic carbocycles. The van der Waals surface area contributed by atoms with Gasteiger partial charge >= 0.3 is 17.9 Å². The number of carbonyl (C=O) groups is 5. The summed E-state index contributed by atoms with van der Waals surface area (Å²) in [7, 11) is 2.56. The number of anilines is 5. The number of para-hydroxylation sites is 1. The fourth-order valence-corrected chi connectivity index (χ4v) is 5.54. The van der Waals surface area contributed by atoms with Crippen LogP contribution >= 0.6 is 0 Å². The number of furan rings is 1. The van der Waals surface area contributed by atoms with Crippen LogP contribution in [0.3, 0.4) is 0 Å². The Hall–Kier alpha value is -8.94. The van der Waals surface area contributed by atoms with Crippen molar-refractivity contribution in [1.29, 1.82) is 0 Å². The summed E-state index contributed by atoms with van der Waals surface area (Å²) in [5.74, 6) is -1.13. The maximum absolute atomic E-state index is 13.6. The third-order valence-corrected chi connectivity index (χ3v) is 8.52. The summed E-state index contributed by atoms with van der Waals surface area (Å²) in [5.41, 5.74) is 0.895. The number of ether oxygens (including phenoxy) is 5. The van der Waals surface area contributed by atoms with Gasteiger partial charge in [-0.1, -0.05) is 30.3 Å². The van der Waals surface area contributed by atoms with Crippen molar-refractivity contribution in [2.24, 2.45) is 0 Å². The van der Waals surface area contributed by atoms with E-state index >= 15 is 0 Å². The van der Waals surface area contributed by atoms with Crippen molar-refractivity contribution in [3.63, 3.8) is 0 Å². The molecule has 0 atom stereocenters. The fraction of sp³-hybridized carbons (Fsp3) is 0.220. The van der Waals surface area contributed by atoms with E-state index in [1.807, 2.05) is 18.2 Å². The van der Waals surface area contributed by atoms with Gasteiger partial charge in [-0.2, -0.15) is 0 Å². The van der Waals surface area contributed by atoms with Crippen LogP contribution in [0.4, 0.5) is 48.1 Å². The lowest BCUT2D eigenvalue weighted by atomic mass is 10.2. The molecule has 20 heteroatoms. The molecule has 1 heterocycles. The zero-order chi connectivity index (χ0) is 51.4. The van der Waals surface area contributed by atoms with Gasteiger partial charge in [0.25, 0.3) is 17.7 Å². The predicted molar refractivity (Wildman–Crippen MR) is 260 cm³/mol. The highest BCUT2D eigenvalue weighted by molar-refractivity contribution is 6.05. The number of nitrogens with one attached hydrogen (secondary N) is 5. The fourth-order valence-electron chi connectivity index (χ4n) is 5.54. The molecule has 0 aliphatic rings. The summed E-state index contributed by atoms with van der Waals surface area (Å²) in [6, 6.07) is 33.6. The van der Waals surface area contributed by atoms with Crippen molar-refractivity contribution in [3.05, 3.63) is 161 Å². The van der Waals surface area contributed by atoms with Gasteiger partial charge in [0.2, 0.25) is 0 Å². The maximum Gasteiger partial charge on any atom is 0.412 e. The number of hydrogen-bond donors (Lipinski definition) is 5. The largest absolute Gasteiger partial charge is 0.494 e. The van der Waals surface area contributed by atoms with Crippen molar-refractivity contribution in [1.82, 2.24) is 0 Å². The normalized spacial score (nSPS) is 10.5. The molecule has 368 valence electrons. The van der Waals surface area contributed by atoms with Crippen molar-refractivity contribution < 1.29 is 61.4 Å². The van der Waals surface area contributed by atoms with Crippen LogP contribution < -0.4 is 40.8 Å². The van der Waals surface area contributed by atoms with Gasteiger partial charge in [-0.05, 0) is 126 Å². The van der Waals surface area contributed by atoms with Gasteiger partial charge in [0, 0.05) is 28.8 Å². The van der Waals surface area contributed by atoms with Gasteiger partial charge in [0.05, 0.1) is 42.7 Å². The molecule has 0 spiro atoms. The van der Waals surface area contributed by atoms with Gasteiger partial charge in [-0.15, -0.1) is 0 Å². The first-order valence-corrected chi connectivity index (χ1v) is 21.1. The first kappa shape index (κ1) is 53.7. The van der Waals surface area contributed by atoms with E-state index in [-0.39, 0.29) is 52.6 Å². The van der Waals surface area contributed by atoms with Crippen molar-refractivity contribution in [3.8, 4) is 17.2 Å². The second kappa shape index (κ2) is 25.3. The Kier molecular flexibility index (Phi) is 19.4. The molecule has 0 fully saturated rings. The van der Waals surface area contributed by atoms with E-state index in [9.17, 15) is 38.5 Å². The number of rotatable bonds is 13. The molecule has 0 saturated heterocycles. The van der Waals surface area contributed by atoms with Crippen LogP contribution in [0.2, 0.25) is 0 Å². The van der Waals surface area contributed by atoms with Crippen LogP contribution in [0.15, 0.2) is 138 Å². The standard InChI is InChI=1S/C19H22N2O4.C16H18N2O4.C15H13FN2O5/c1-19(2,3)25-18(23)21-15-11-9-14(10-12-15)20-17(22)13-24-16-7-5-4-6-8-16;1-16(2,3)22-15(20)18-12-8-6-11(7-9-12)17-14(19)13-5-4-10-21-13;1-22-13-8-12(18(20)21)14(23-2)7-11(13)17-15(19)9-5-3-4-6-10(9)16/h4-12H,13H2,1-3H3,(H,20,22)(H,21,23);4-10H,1-3H3,(H,17,19)(H,18,20);3-8H,1-2H3,(H,17,19). The number of methoxy groups -OCH3 is 2. The van der Waals surface area contributed by atoms with E-state index in [4.69, 9.17) is 28.1 Å². The average molecular weight is 965 g/mol. The van der Waals surface area contributed by atoms with Gasteiger partial charge in [0.15, 0.2) is 18.1 Å². The number of nitrogens with zero attached hydrogens (tertiary/aromatic N) is 1. The number of hydrogen-bond acceptors (Lipinski definition) is 13. The second-order valence-corrected chi connectivity index (χ2v) is 16.4. The summed E-state index contributed by atoms with van der Waals surface area (Å²) in [6.07, 6.45) is 0.378. The Labute approximate surface area is 402 Å². The van der Waals surface area contributed by atoms with E-state index in [1.54, 1.807) is 114 Å². The quantitative estimate of drug-likeness (QED) is 0.0534. The van der Waals surface area contributed by atoms with Crippen molar-refractivity contribution in [2.75, 3.05) is 47.4 Å². The minimum absolute atomic E-state index is 0.0559. The molecule has 0 bridgehead atoms. The van der Waals surface area contributed by atoms with Gasteiger partial charge in [-0.3, -0.25) is 35.1 Å². The number of nitro groups is 1. The molecule has 0 saturated carbocycles. The monoisotopic (exact) mass is 964 g/mol. The molecule has 0 unspecified atom stereocenters. The minimum atomic E-state index is -0.711. The predicted octanol–water partition coefficient (Wildman–Crippen LogP) is 10.9. The molecular weight excluding hydrogens is 912 g/mol. The molecule has 19 nitrogen and oxygen atoms in total. The Morgan fingerprint density at radius 2 is 1.10 bits per heavy atom. The number of halogens is 1. The van der Waals surface area contributed by atoms with Gasteiger partial charge < -0.3 is 44.1 Å². The highest BCUT2D eigenvalue weighted by Gasteiger charge is 2.22. The molecular formula is C50H53FN6O13. The lowest BCUT2D eigenvalue weighted by Crippen LogP contribution is -2.27. The van der Waals surface area contributed by atoms with Crippen molar-refractivity contribution >= 4 is 64.0 Å². The lowest BCUT2D eigenvalue weighted by molar-refractivity contribution is -0.385. The topological polar surface area (TPSA) is 248 Å². The van der Waals surface area contributed by atoms with Crippen LogP contribution in [0.1, 0.15) is 62.5 Å². The van der Waals surface area contributed by atoms with Gasteiger partial charge in [0.1, 0.15) is 28.5 Å². The molecule has 70 heavy (non-hydrogen) atoms. The second-order valence-electron chi connectivity index (χ2n) is 16.4. The molecule has 5 aromatic carbocycles.